The van der Waals surface area contributed by atoms with Gasteiger partial charge in [0.05, 0.1) is 5.56 Å². The number of hydrogen-bond donors (Lipinski definition) is 1. The number of aliphatic imine (C=N–C) groups is 1. The summed E-state index contributed by atoms with van der Waals surface area (Å²) < 4.78 is 44.6. The first kappa shape index (κ1) is 22.7. The molecule has 1 N–H and O–H groups in total. The van der Waals surface area contributed by atoms with Crippen LogP contribution in [0.15, 0.2) is 29.3 Å². The number of likely N-dealkylation sites (N-methyl/N-ethyl adjacent to an activating group) is 1. The highest BCUT2D eigenvalue weighted by molar-refractivity contribution is 5.80. The van der Waals surface area contributed by atoms with E-state index in [0.717, 1.165) is 44.6 Å². The van der Waals surface area contributed by atoms with Crippen LogP contribution in [0.5, 0.6) is 0 Å². The predicted octanol–water partition coefficient (Wildman–Crippen LogP) is 2.51. The second-order valence-electron chi connectivity index (χ2n) is 8.15. The first-order valence-electron chi connectivity index (χ1n) is 10.4. The molecule has 0 radical (unpaired) electrons. The number of piperazine rings is 1. The first-order chi connectivity index (χ1) is 14.2. The van der Waals surface area contributed by atoms with Gasteiger partial charge >= 0.3 is 6.18 Å². The van der Waals surface area contributed by atoms with Crippen LogP contribution in [0.25, 0.3) is 0 Å². The Hall–Kier alpha value is -2.00. The van der Waals surface area contributed by atoms with Crippen LogP contribution in [0.1, 0.15) is 18.4 Å². The maximum absolute atomic E-state index is 13.0. The van der Waals surface area contributed by atoms with E-state index in [4.69, 9.17) is 4.74 Å². The molecule has 0 unspecified atom stereocenters. The van der Waals surface area contributed by atoms with Gasteiger partial charge in [0.1, 0.15) is 0 Å². The summed E-state index contributed by atoms with van der Waals surface area (Å²) in [6, 6.07) is 5.56. The second kappa shape index (κ2) is 9.43. The topological polar surface area (TPSA) is 43.3 Å². The van der Waals surface area contributed by atoms with Crippen molar-refractivity contribution in [3.8, 4) is 0 Å². The number of benzene rings is 1. The largest absolute Gasteiger partial charge is 0.416 e. The van der Waals surface area contributed by atoms with Gasteiger partial charge in [-0.3, -0.25) is 4.99 Å². The molecule has 0 bridgehead atoms. The molecule has 30 heavy (non-hydrogen) atoms. The summed E-state index contributed by atoms with van der Waals surface area (Å²) in [6.07, 6.45) is -2.39. The minimum atomic E-state index is -4.32. The Morgan fingerprint density at radius 1 is 1.17 bits per heavy atom. The quantitative estimate of drug-likeness (QED) is 0.591. The third kappa shape index (κ3) is 5.18. The number of halogens is 3. The van der Waals surface area contributed by atoms with Crippen molar-refractivity contribution in [2.45, 2.75) is 24.6 Å². The van der Waals surface area contributed by atoms with Crippen LogP contribution in [0, 0.1) is 0 Å². The normalized spacial score (nSPS) is 20.6. The number of anilines is 1. The lowest BCUT2D eigenvalue weighted by atomic mass is 9.88. The average molecular weight is 428 g/mol. The summed E-state index contributed by atoms with van der Waals surface area (Å²) in [6.45, 7) is 5.00. The van der Waals surface area contributed by atoms with E-state index in [1.54, 1.807) is 13.1 Å². The van der Waals surface area contributed by atoms with E-state index < -0.39 is 11.7 Å². The van der Waals surface area contributed by atoms with Gasteiger partial charge < -0.3 is 24.8 Å². The van der Waals surface area contributed by atoms with Crippen LogP contribution in [-0.2, 0) is 10.9 Å². The lowest BCUT2D eigenvalue weighted by Crippen LogP contribution is -2.59. The molecule has 0 atom stereocenters. The Labute approximate surface area is 176 Å². The highest BCUT2D eigenvalue weighted by Crippen LogP contribution is 2.32. The standard InChI is InChI=1S/C21H32F3N5O/c1-25-19(26-16-20(27(2)3)7-13-30-14-8-20)29-11-9-28(10-12-29)18-6-4-5-17(15-18)21(22,23)24/h4-6,15H,7-14,16H2,1-3H3,(H,25,26). The zero-order chi connectivity index (χ0) is 21.8. The summed E-state index contributed by atoms with van der Waals surface area (Å²) in [5, 5.41) is 3.53. The zero-order valence-electron chi connectivity index (χ0n) is 18.0. The molecule has 0 aromatic heterocycles. The van der Waals surface area contributed by atoms with Crippen molar-refractivity contribution in [1.82, 2.24) is 15.1 Å². The van der Waals surface area contributed by atoms with E-state index in [1.165, 1.54) is 12.1 Å². The Bertz CT molecular complexity index is 724. The van der Waals surface area contributed by atoms with E-state index in [9.17, 15) is 13.2 Å². The van der Waals surface area contributed by atoms with Gasteiger partial charge in [-0.2, -0.15) is 13.2 Å². The number of nitrogens with zero attached hydrogens (tertiary/aromatic N) is 4. The maximum Gasteiger partial charge on any atom is 0.416 e. The molecule has 3 rings (SSSR count). The summed E-state index contributed by atoms with van der Waals surface area (Å²) in [5.74, 6) is 0.839. The number of guanidine groups is 1. The zero-order valence-corrected chi connectivity index (χ0v) is 18.0. The summed E-state index contributed by atoms with van der Waals surface area (Å²) >= 11 is 0. The molecular formula is C21H32F3N5O. The molecule has 2 fully saturated rings. The molecule has 1 aromatic rings. The van der Waals surface area contributed by atoms with Crippen LogP contribution in [0.4, 0.5) is 18.9 Å². The highest BCUT2D eigenvalue weighted by atomic mass is 19.4. The van der Waals surface area contributed by atoms with Crippen molar-refractivity contribution in [1.29, 1.82) is 0 Å². The smallest absolute Gasteiger partial charge is 0.381 e. The molecule has 0 amide bonds. The number of rotatable bonds is 4. The molecular weight excluding hydrogens is 395 g/mol. The molecule has 0 aliphatic carbocycles. The molecule has 2 aliphatic heterocycles. The third-order valence-corrected chi connectivity index (χ3v) is 6.28. The van der Waals surface area contributed by atoms with Gasteiger partial charge in [-0.25, -0.2) is 0 Å². The van der Waals surface area contributed by atoms with Gasteiger partial charge in [-0.05, 0) is 45.1 Å². The average Bonchev–Trinajstić information content (AvgIpc) is 2.75. The fraction of sp³-hybridized carbons (Fsp3) is 0.667. The summed E-state index contributed by atoms with van der Waals surface area (Å²) in [7, 11) is 5.97. The minimum Gasteiger partial charge on any atom is -0.381 e. The van der Waals surface area contributed by atoms with Crippen molar-refractivity contribution in [3.63, 3.8) is 0 Å². The van der Waals surface area contributed by atoms with Crippen molar-refractivity contribution in [3.05, 3.63) is 29.8 Å². The van der Waals surface area contributed by atoms with Crippen molar-refractivity contribution in [2.24, 2.45) is 4.99 Å². The Kier molecular flexibility index (Phi) is 7.13. The van der Waals surface area contributed by atoms with Crippen molar-refractivity contribution < 1.29 is 17.9 Å². The number of ether oxygens (including phenoxy) is 1. The molecule has 2 heterocycles. The van der Waals surface area contributed by atoms with E-state index in [1.807, 2.05) is 4.90 Å². The van der Waals surface area contributed by atoms with Gasteiger partial charge in [-0.1, -0.05) is 6.07 Å². The molecule has 1 aromatic carbocycles. The van der Waals surface area contributed by atoms with Gasteiger partial charge in [0.25, 0.3) is 0 Å². The van der Waals surface area contributed by atoms with Crippen molar-refractivity contribution in [2.75, 3.05) is 72.0 Å². The van der Waals surface area contributed by atoms with Gasteiger partial charge in [-0.15, -0.1) is 0 Å². The molecule has 0 spiro atoms. The van der Waals surface area contributed by atoms with Gasteiger partial charge in [0.2, 0.25) is 0 Å². The predicted molar refractivity (Wildman–Crippen MR) is 113 cm³/mol. The lowest BCUT2D eigenvalue weighted by molar-refractivity contribution is -0.137. The number of alkyl halides is 3. The molecule has 2 saturated heterocycles. The van der Waals surface area contributed by atoms with E-state index in [0.29, 0.717) is 31.9 Å². The van der Waals surface area contributed by atoms with E-state index in [2.05, 4.69) is 34.2 Å². The SMILES string of the molecule is CN=C(NCC1(N(C)C)CCOCC1)N1CCN(c2cccc(C(F)(F)F)c2)CC1. The fourth-order valence-electron chi connectivity index (χ4n) is 4.16. The third-order valence-electron chi connectivity index (χ3n) is 6.28. The van der Waals surface area contributed by atoms with Crippen LogP contribution >= 0.6 is 0 Å². The molecule has 0 saturated carbocycles. The molecule has 6 nitrogen and oxygen atoms in total. The number of hydrogen-bond acceptors (Lipinski definition) is 4. The Morgan fingerprint density at radius 3 is 2.40 bits per heavy atom. The molecule has 2 aliphatic rings. The highest BCUT2D eigenvalue weighted by Gasteiger charge is 2.35. The maximum atomic E-state index is 13.0. The van der Waals surface area contributed by atoms with Gasteiger partial charge in [0.15, 0.2) is 5.96 Å². The second-order valence-corrected chi connectivity index (χ2v) is 8.15. The Balaban J connectivity index is 1.58. The van der Waals surface area contributed by atoms with Crippen LogP contribution < -0.4 is 10.2 Å². The minimum absolute atomic E-state index is 0.0358. The van der Waals surface area contributed by atoms with Crippen LogP contribution in [0.3, 0.4) is 0 Å². The van der Waals surface area contributed by atoms with Crippen LogP contribution in [0.2, 0.25) is 0 Å². The Morgan fingerprint density at radius 2 is 1.83 bits per heavy atom. The van der Waals surface area contributed by atoms with Crippen LogP contribution in [-0.4, -0.2) is 88.4 Å². The summed E-state index contributed by atoms with van der Waals surface area (Å²) in [4.78, 5) is 10.9. The summed E-state index contributed by atoms with van der Waals surface area (Å²) in [5.41, 5.74) is 0.0418. The fourth-order valence-corrected chi connectivity index (χ4v) is 4.16. The monoisotopic (exact) mass is 427 g/mol. The van der Waals surface area contributed by atoms with Crippen molar-refractivity contribution >= 4 is 11.6 Å². The molecule has 9 heteroatoms. The molecule has 168 valence electrons. The number of nitrogens with one attached hydrogen (secondary N) is 1. The van der Waals surface area contributed by atoms with Gasteiger partial charge in [0, 0.05) is 64.2 Å². The lowest BCUT2D eigenvalue weighted by Gasteiger charge is -2.44. The van der Waals surface area contributed by atoms with E-state index >= 15 is 0 Å². The van der Waals surface area contributed by atoms with E-state index in [-0.39, 0.29) is 5.54 Å². The first-order valence-corrected chi connectivity index (χ1v) is 10.4.